The van der Waals surface area contributed by atoms with Gasteiger partial charge in [0.1, 0.15) is 0 Å². The number of amides is 1. The van der Waals surface area contributed by atoms with Crippen molar-refractivity contribution in [1.82, 2.24) is 0 Å². The van der Waals surface area contributed by atoms with Gasteiger partial charge in [0.15, 0.2) is 5.75 Å². The van der Waals surface area contributed by atoms with Crippen LogP contribution in [-0.2, 0) is 4.79 Å². The maximum atomic E-state index is 12.1. The Kier molecular flexibility index (Phi) is 6.49. The van der Waals surface area contributed by atoms with Gasteiger partial charge < -0.3 is 10.1 Å². The second-order valence-electron chi connectivity index (χ2n) is 5.97. The van der Waals surface area contributed by atoms with E-state index >= 15 is 0 Å². The first-order valence-corrected chi connectivity index (χ1v) is 8.38. The summed E-state index contributed by atoms with van der Waals surface area (Å²) in [5, 5.41) is 14.0. The number of aryl methyl sites for hydroxylation is 2. The van der Waals surface area contributed by atoms with E-state index in [9.17, 15) is 14.9 Å². The zero-order chi connectivity index (χ0) is 19.1. The molecule has 26 heavy (non-hydrogen) atoms. The van der Waals surface area contributed by atoms with Gasteiger partial charge in [0.2, 0.25) is 5.91 Å². The minimum atomic E-state index is -0.488. The number of nitro groups is 1. The third kappa shape index (κ3) is 5.17. The molecule has 0 unspecified atom stereocenters. The molecule has 0 radical (unpaired) electrons. The van der Waals surface area contributed by atoms with E-state index < -0.39 is 4.92 Å². The molecule has 1 amide bonds. The highest BCUT2D eigenvalue weighted by Gasteiger charge is 2.15. The summed E-state index contributed by atoms with van der Waals surface area (Å²) in [4.78, 5) is 22.8. The van der Waals surface area contributed by atoms with Gasteiger partial charge >= 0.3 is 5.69 Å². The van der Waals surface area contributed by atoms with Crippen molar-refractivity contribution in [3.05, 3.63) is 69.3 Å². The zero-order valence-electron chi connectivity index (χ0n) is 15.1. The van der Waals surface area contributed by atoms with Gasteiger partial charge in [-0.25, -0.2) is 0 Å². The van der Waals surface area contributed by atoms with E-state index in [4.69, 9.17) is 4.74 Å². The molecule has 0 aromatic heterocycles. The van der Waals surface area contributed by atoms with Gasteiger partial charge in [0, 0.05) is 17.8 Å². The summed E-state index contributed by atoms with van der Waals surface area (Å²) in [7, 11) is 0. The highest BCUT2D eigenvalue weighted by Crippen LogP contribution is 2.28. The summed E-state index contributed by atoms with van der Waals surface area (Å²) < 4.78 is 5.38. The molecule has 0 heterocycles. The maximum absolute atomic E-state index is 12.1. The number of carbonyl (C=O) groups is 1. The van der Waals surface area contributed by atoms with Crippen molar-refractivity contribution in [2.45, 2.75) is 27.2 Å². The van der Waals surface area contributed by atoms with Crippen LogP contribution < -0.4 is 10.1 Å². The number of anilines is 1. The number of hydrogen-bond acceptors (Lipinski definition) is 4. The number of nitrogens with one attached hydrogen (secondary N) is 1. The lowest BCUT2D eigenvalue weighted by Crippen LogP contribution is -2.09. The molecule has 0 spiro atoms. The first kappa shape index (κ1) is 19.2. The Balaban J connectivity index is 2.12. The monoisotopic (exact) mass is 354 g/mol. The van der Waals surface area contributed by atoms with Gasteiger partial charge in [-0.2, -0.15) is 0 Å². The highest BCUT2D eigenvalue weighted by molar-refractivity contribution is 6.02. The molecule has 2 rings (SSSR count). The molecule has 6 heteroatoms. The van der Waals surface area contributed by atoms with Crippen LogP contribution in [0.5, 0.6) is 5.75 Å². The zero-order valence-corrected chi connectivity index (χ0v) is 15.1. The van der Waals surface area contributed by atoms with E-state index in [0.29, 0.717) is 12.2 Å². The fourth-order valence-electron chi connectivity index (χ4n) is 2.41. The van der Waals surface area contributed by atoms with Crippen LogP contribution in [-0.4, -0.2) is 17.4 Å². The van der Waals surface area contributed by atoms with Crippen LogP contribution in [0, 0.1) is 24.0 Å². The number of ether oxygens (including phenoxy) is 1. The number of nitrogens with zero attached hydrogens (tertiary/aromatic N) is 1. The van der Waals surface area contributed by atoms with Gasteiger partial charge in [0.05, 0.1) is 11.5 Å². The van der Waals surface area contributed by atoms with Crippen molar-refractivity contribution in [1.29, 1.82) is 0 Å². The van der Waals surface area contributed by atoms with Crippen molar-refractivity contribution in [3.8, 4) is 5.75 Å². The van der Waals surface area contributed by atoms with Gasteiger partial charge in [-0.1, -0.05) is 30.7 Å². The van der Waals surface area contributed by atoms with Gasteiger partial charge in [-0.05, 0) is 49.6 Å². The molecule has 6 nitrogen and oxygen atoms in total. The fourth-order valence-corrected chi connectivity index (χ4v) is 2.41. The number of nitro benzene ring substituents is 1. The van der Waals surface area contributed by atoms with Crippen molar-refractivity contribution >= 4 is 23.4 Å². The number of carbonyl (C=O) groups excluding carboxylic acids is 1. The van der Waals surface area contributed by atoms with Crippen LogP contribution in [0.25, 0.3) is 6.08 Å². The van der Waals surface area contributed by atoms with Crippen LogP contribution in [0.4, 0.5) is 11.4 Å². The molecule has 0 aliphatic heterocycles. The Morgan fingerprint density at radius 2 is 2.00 bits per heavy atom. The van der Waals surface area contributed by atoms with E-state index in [2.05, 4.69) is 5.32 Å². The third-order valence-corrected chi connectivity index (χ3v) is 3.71. The fraction of sp³-hybridized carbons (Fsp3) is 0.250. The van der Waals surface area contributed by atoms with Crippen LogP contribution in [0.1, 0.15) is 30.0 Å². The average molecular weight is 354 g/mol. The molecule has 2 aromatic rings. The Morgan fingerprint density at radius 3 is 2.65 bits per heavy atom. The summed E-state index contributed by atoms with van der Waals surface area (Å²) in [5.41, 5.74) is 3.26. The summed E-state index contributed by atoms with van der Waals surface area (Å²) in [6.45, 7) is 6.25. The number of benzene rings is 2. The molecule has 0 atom stereocenters. The van der Waals surface area contributed by atoms with Crippen molar-refractivity contribution in [2.24, 2.45) is 0 Å². The summed E-state index contributed by atoms with van der Waals surface area (Å²) in [6.07, 6.45) is 3.65. The molecule has 136 valence electrons. The van der Waals surface area contributed by atoms with E-state index in [1.165, 1.54) is 18.2 Å². The van der Waals surface area contributed by atoms with Crippen LogP contribution in [0.15, 0.2) is 42.5 Å². The third-order valence-electron chi connectivity index (χ3n) is 3.71. The quantitative estimate of drug-likeness (QED) is 0.446. The van der Waals surface area contributed by atoms with Crippen LogP contribution in [0.2, 0.25) is 0 Å². The van der Waals surface area contributed by atoms with Gasteiger partial charge in [-0.15, -0.1) is 0 Å². The number of hydrogen-bond donors (Lipinski definition) is 1. The molecule has 1 N–H and O–H groups in total. The first-order valence-electron chi connectivity index (χ1n) is 8.38. The van der Waals surface area contributed by atoms with Gasteiger partial charge in [0.25, 0.3) is 0 Å². The van der Waals surface area contributed by atoms with E-state index in [-0.39, 0.29) is 17.3 Å². The summed E-state index contributed by atoms with van der Waals surface area (Å²) in [5.74, 6) is -0.0698. The average Bonchev–Trinajstić information content (AvgIpc) is 2.60. The summed E-state index contributed by atoms with van der Waals surface area (Å²) in [6, 6.07) is 10.4. The second-order valence-corrected chi connectivity index (χ2v) is 5.97. The predicted octanol–water partition coefficient (Wildman–Crippen LogP) is 4.65. The second kappa shape index (κ2) is 8.80. The molecule has 0 bridgehead atoms. The molecule has 2 aromatic carbocycles. The lowest BCUT2D eigenvalue weighted by Gasteiger charge is -2.07. The molecular weight excluding hydrogens is 332 g/mol. The lowest BCUT2D eigenvalue weighted by atomic mass is 10.1. The minimum absolute atomic E-state index is 0.115. The normalized spacial score (nSPS) is 10.7. The molecule has 0 saturated carbocycles. The minimum Gasteiger partial charge on any atom is -0.487 e. The molecular formula is C20H22N2O4. The van der Waals surface area contributed by atoms with Crippen molar-refractivity contribution < 1.29 is 14.5 Å². The Morgan fingerprint density at radius 1 is 1.23 bits per heavy atom. The standard InChI is InChI=1S/C20H22N2O4/c1-4-11-26-19-9-6-16(13-18(19)22(24)25)7-10-20(23)21-17-8-5-14(2)12-15(17)3/h5-10,12-13H,4,11H2,1-3H3,(H,21,23)/b10-7+. The molecule has 0 saturated heterocycles. The Hall–Kier alpha value is -3.15. The first-order chi connectivity index (χ1) is 12.4. The van der Waals surface area contributed by atoms with Gasteiger partial charge in [-0.3, -0.25) is 14.9 Å². The lowest BCUT2D eigenvalue weighted by molar-refractivity contribution is -0.385. The van der Waals surface area contributed by atoms with E-state index in [0.717, 1.165) is 23.2 Å². The molecule has 0 aliphatic carbocycles. The highest BCUT2D eigenvalue weighted by atomic mass is 16.6. The molecule has 0 fully saturated rings. The largest absolute Gasteiger partial charge is 0.487 e. The van der Waals surface area contributed by atoms with Crippen LogP contribution in [0.3, 0.4) is 0 Å². The topological polar surface area (TPSA) is 81.5 Å². The molecule has 0 aliphatic rings. The van der Waals surface area contributed by atoms with E-state index in [1.54, 1.807) is 12.1 Å². The van der Waals surface area contributed by atoms with E-state index in [1.807, 2.05) is 39.0 Å². The Labute approximate surface area is 152 Å². The Bertz CT molecular complexity index is 844. The summed E-state index contributed by atoms with van der Waals surface area (Å²) >= 11 is 0. The predicted molar refractivity (Wildman–Crippen MR) is 102 cm³/mol. The SMILES string of the molecule is CCCOc1ccc(/C=C/C(=O)Nc2ccc(C)cc2C)cc1[N+](=O)[O-]. The van der Waals surface area contributed by atoms with Crippen molar-refractivity contribution in [3.63, 3.8) is 0 Å². The number of rotatable bonds is 7. The van der Waals surface area contributed by atoms with Crippen LogP contribution >= 0.6 is 0 Å². The smallest absolute Gasteiger partial charge is 0.311 e. The maximum Gasteiger partial charge on any atom is 0.311 e. The van der Waals surface area contributed by atoms with Crippen molar-refractivity contribution in [2.75, 3.05) is 11.9 Å².